The van der Waals surface area contributed by atoms with Crippen LogP contribution >= 0.6 is 0 Å². The van der Waals surface area contributed by atoms with Gasteiger partial charge in [0.15, 0.2) is 0 Å². The van der Waals surface area contributed by atoms with Gasteiger partial charge in [-0.05, 0) is 68.9 Å². The molecule has 2 amide bonds. The van der Waals surface area contributed by atoms with E-state index in [9.17, 15) is 9.59 Å². The van der Waals surface area contributed by atoms with Crippen molar-refractivity contribution in [1.29, 1.82) is 0 Å². The van der Waals surface area contributed by atoms with Crippen LogP contribution in [0.25, 0.3) is 0 Å². The Kier molecular flexibility index (Phi) is 6.76. The summed E-state index contributed by atoms with van der Waals surface area (Å²) in [6.45, 7) is 10.2. The highest BCUT2D eigenvalue weighted by molar-refractivity contribution is 6.07. The fourth-order valence-electron chi connectivity index (χ4n) is 7.62. The van der Waals surface area contributed by atoms with Crippen molar-refractivity contribution in [2.24, 2.45) is 23.7 Å². The Hall–Kier alpha value is -1.88. The first kappa shape index (κ1) is 23.8. The first-order valence-corrected chi connectivity index (χ1v) is 13.9. The van der Waals surface area contributed by atoms with Crippen LogP contribution in [0.15, 0.2) is 30.3 Å². The van der Waals surface area contributed by atoms with E-state index in [2.05, 4.69) is 54.8 Å². The number of carbonyl (C=O) groups is 2. The highest BCUT2D eigenvalue weighted by Gasteiger charge is 2.65. The minimum atomic E-state index is -0.231. The molecule has 3 saturated heterocycles. The molecule has 2 atom stereocenters. The zero-order valence-electron chi connectivity index (χ0n) is 21.4. The molecule has 1 saturated carbocycles. The molecular formula is C29H43N3O2. The van der Waals surface area contributed by atoms with Gasteiger partial charge in [0.1, 0.15) is 0 Å². The number of hydrogen-bond donors (Lipinski definition) is 0. The van der Waals surface area contributed by atoms with Crippen LogP contribution in [-0.2, 0) is 9.59 Å². The second kappa shape index (κ2) is 9.64. The molecule has 1 aliphatic carbocycles. The molecule has 0 N–H and O–H groups in total. The minimum Gasteiger partial charge on any atom is -0.364 e. The van der Waals surface area contributed by atoms with Gasteiger partial charge >= 0.3 is 0 Å². The molecule has 34 heavy (non-hydrogen) atoms. The number of carbonyl (C=O) groups excluding carboxylic acids is 2. The first-order chi connectivity index (χ1) is 16.5. The van der Waals surface area contributed by atoms with Crippen molar-refractivity contribution in [3.8, 4) is 0 Å². The van der Waals surface area contributed by atoms with Gasteiger partial charge in [0.05, 0.1) is 17.4 Å². The summed E-state index contributed by atoms with van der Waals surface area (Å²) < 4.78 is 0. The molecule has 5 rings (SSSR count). The predicted octanol–water partition coefficient (Wildman–Crippen LogP) is 4.96. The maximum absolute atomic E-state index is 13.7. The van der Waals surface area contributed by atoms with Crippen molar-refractivity contribution >= 4 is 17.5 Å². The van der Waals surface area contributed by atoms with E-state index in [4.69, 9.17) is 0 Å². The quantitative estimate of drug-likeness (QED) is 0.557. The van der Waals surface area contributed by atoms with Crippen molar-refractivity contribution in [2.45, 2.75) is 83.7 Å². The van der Waals surface area contributed by atoms with E-state index in [0.717, 1.165) is 50.6 Å². The Bertz CT molecular complexity index is 869. The van der Waals surface area contributed by atoms with Crippen molar-refractivity contribution < 1.29 is 9.59 Å². The zero-order chi connectivity index (χ0) is 23.9. The summed E-state index contributed by atoms with van der Waals surface area (Å²) in [6, 6.07) is 11.2. The molecule has 5 nitrogen and oxygen atoms in total. The Morgan fingerprint density at radius 3 is 2.26 bits per heavy atom. The number of para-hydroxylation sites is 1. The van der Waals surface area contributed by atoms with E-state index < -0.39 is 0 Å². The summed E-state index contributed by atoms with van der Waals surface area (Å²) in [5, 5.41) is 0. The number of imide groups is 1. The van der Waals surface area contributed by atoms with Gasteiger partial charge in [0.2, 0.25) is 11.8 Å². The van der Waals surface area contributed by atoms with Crippen molar-refractivity contribution in [3.05, 3.63) is 30.3 Å². The predicted molar refractivity (Wildman–Crippen MR) is 137 cm³/mol. The van der Waals surface area contributed by atoms with Crippen molar-refractivity contribution in [2.75, 3.05) is 31.1 Å². The van der Waals surface area contributed by atoms with E-state index in [-0.39, 0.29) is 29.2 Å². The molecule has 0 radical (unpaired) electrons. The van der Waals surface area contributed by atoms with Gasteiger partial charge in [-0.1, -0.05) is 45.4 Å². The summed E-state index contributed by atoms with van der Waals surface area (Å²) in [6.07, 6.45) is 9.19. The minimum absolute atomic E-state index is 0.0793. The molecule has 3 aliphatic heterocycles. The van der Waals surface area contributed by atoms with E-state index in [1.54, 1.807) is 4.90 Å². The molecule has 3 heterocycles. The first-order valence-electron chi connectivity index (χ1n) is 13.9. The lowest BCUT2D eigenvalue weighted by Gasteiger charge is -2.50. The standard InChI is InChI=1S/C29H43N3O2/c1-4-5-17-31-27(33)25-20-32(24-9-7-6-8-10-24)29(26(25)28(31)34)15-18-30(19-16-29)23-13-11-22(12-14-23)21(2)3/h6-10,21-23,25-26H,4-5,11-20H2,1-3H3. The lowest BCUT2D eigenvalue weighted by atomic mass is 9.73. The van der Waals surface area contributed by atoms with Crippen LogP contribution in [0.5, 0.6) is 0 Å². The van der Waals surface area contributed by atoms with Gasteiger partial charge < -0.3 is 9.80 Å². The average molecular weight is 466 g/mol. The molecule has 4 fully saturated rings. The lowest BCUT2D eigenvalue weighted by Crippen LogP contribution is -2.59. The molecule has 1 aromatic carbocycles. The smallest absolute Gasteiger partial charge is 0.235 e. The number of unbranched alkanes of at least 4 members (excludes halogenated alkanes) is 1. The van der Waals surface area contributed by atoms with Crippen LogP contribution in [0.3, 0.4) is 0 Å². The second-order valence-electron chi connectivity index (χ2n) is 11.7. The van der Waals surface area contributed by atoms with Crippen molar-refractivity contribution in [1.82, 2.24) is 9.80 Å². The van der Waals surface area contributed by atoms with Gasteiger partial charge in [0, 0.05) is 37.9 Å². The Balaban J connectivity index is 1.36. The summed E-state index contributed by atoms with van der Waals surface area (Å²) in [4.78, 5) is 33.9. The van der Waals surface area contributed by atoms with Crippen LogP contribution in [0.1, 0.15) is 72.1 Å². The number of anilines is 1. The van der Waals surface area contributed by atoms with E-state index in [0.29, 0.717) is 19.1 Å². The van der Waals surface area contributed by atoms with E-state index in [1.807, 2.05) is 6.07 Å². The third kappa shape index (κ3) is 3.98. The number of nitrogens with zero attached hydrogens (tertiary/aromatic N) is 3. The number of likely N-dealkylation sites (tertiary alicyclic amines) is 2. The number of piperidine rings is 1. The summed E-state index contributed by atoms with van der Waals surface area (Å²) in [5.41, 5.74) is 0.939. The molecule has 2 unspecified atom stereocenters. The average Bonchev–Trinajstić information content (AvgIpc) is 3.31. The molecule has 1 spiro atoms. The molecule has 4 aliphatic rings. The van der Waals surface area contributed by atoms with Gasteiger partial charge in [-0.2, -0.15) is 0 Å². The molecule has 0 aromatic heterocycles. The number of fused-ring (bicyclic) bond motifs is 2. The number of amides is 2. The number of hydrogen-bond acceptors (Lipinski definition) is 4. The van der Waals surface area contributed by atoms with Gasteiger partial charge in [-0.25, -0.2) is 0 Å². The summed E-state index contributed by atoms with van der Waals surface area (Å²) in [7, 11) is 0. The maximum Gasteiger partial charge on any atom is 0.235 e. The molecule has 1 aromatic rings. The third-order valence-corrected chi connectivity index (χ3v) is 9.68. The Morgan fingerprint density at radius 1 is 0.971 bits per heavy atom. The second-order valence-corrected chi connectivity index (χ2v) is 11.7. The molecular weight excluding hydrogens is 422 g/mol. The SMILES string of the molecule is CCCCN1C(=O)C2CN(c3ccccc3)C3(CCN(C4CCC(C(C)C)CC4)CC3)C2C1=O. The van der Waals surface area contributed by atoms with E-state index >= 15 is 0 Å². The number of benzene rings is 1. The van der Waals surface area contributed by atoms with Crippen LogP contribution in [0.2, 0.25) is 0 Å². The summed E-state index contributed by atoms with van der Waals surface area (Å²) >= 11 is 0. The van der Waals surface area contributed by atoms with Gasteiger partial charge in [-0.3, -0.25) is 14.5 Å². The molecule has 0 bridgehead atoms. The topological polar surface area (TPSA) is 43.9 Å². The van der Waals surface area contributed by atoms with Crippen molar-refractivity contribution in [3.63, 3.8) is 0 Å². The highest BCUT2D eigenvalue weighted by Crippen LogP contribution is 2.52. The molecule has 186 valence electrons. The largest absolute Gasteiger partial charge is 0.364 e. The maximum atomic E-state index is 13.7. The monoisotopic (exact) mass is 465 g/mol. The van der Waals surface area contributed by atoms with Crippen LogP contribution in [0, 0.1) is 23.7 Å². The van der Waals surface area contributed by atoms with Crippen LogP contribution < -0.4 is 4.90 Å². The Labute approximate surface area is 205 Å². The fraction of sp³-hybridized carbons (Fsp3) is 0.724. The molecule has 5 heteroatoms. The van der Waals surface area contributed by atoms with Crippen LogP contribution in [0.4, 0.5) is 5.69 Å². The lowest BCUT2D eigenvalue weighted by molar-refractivity contribution is -0.141. The Morgan fingerprint density at radius 2 is 1.65 bits per heavy atom. The zero-order valence-corrected chi connectivity index (χ0v) is 21.4. The van der Waals surface area contributed by atoms with Crippen LogP contribution in [-0.4, -0.2) is 59.4 Å². The van der Waals surface area contributed by atoms with Gasteiger partial charge in [-0.15, -0.1) is 0 Å². The highest BCUT2D eigenvalue weighted by atomic mass is 16.2. The number of rotatable bonds is 6. The van der Waals surface area contributed by atoms with Gasteiger partial charge in [0.25, 0.3) is 0 Å². The third-order valence-electron chi connectivity index (χ3n) is 9.68. The fourth-order valence-corrected chi connectivity index (χ4v) is 7.62. The van der Waals surface area contributed by atoms with E-state index in [1.165, 1.54) is 31.4 Å². The normalized spacial score (nSPS) is 31.6. The summed E-state index contributed by atoms with van der Waals surface area (Å²) in [5.74, 6) is 1.49.